The summed E-state index contributed by atoms with van der Waals surface area (Å²) >= 11 is 0. The Balaban J connectivity index is 3.44. The van der Waals surface area contributed by atoms with Crippen LogP contribution in [0.1, 0.15) is 29.7 Å². The van der Waals surface area contributed by atoms with Crippen molar-refractivity contribution in [2.45, 2.75) is 26.9 Å². The Labute approximate surface area is 90.6 Å². The van der Waals surface area contributed by atoms with Gasteiger partial charge in [0.1, 0.15) is 0 Å². The average molecular weight is 210 g/mol. The van der Waals surface area contributed by atoms with Crippen molar-refractivity contribution in [3.8, 4) is 11.5 Å². The molecule has 1 unspecified atom stereocenters. The van der Waals surface area contributed by atoms with Crippen LogP contribution >= 0.6 is 0 Å². The van der Waals surface area contributed by atoms with E-state index in [4.69, 9.17) is 9.47 Å². The first kappa shape index (κ1) is 11.9. The highest BCUT2D eigenvalue weighted by molar-refractivity contribution is 5.55. The van der Waals surface area contributed by atoms with E-state index < -0.39 is 6.10 Å². The van der Waals surface area contributed by atoms with Crippen LogP contribution < -0.4 is 9.47 Å². The van der Waals surface area contributed by atoms with Crippen LogP contribution in [-0.4, -0.2) is 19.3 Å². The number of rotatable bonds is 3. The summed E-state index contributed by atoms with van der Waals surface area (Å²) in [4.78, 5) is 0. The van der Waals surface area contributed by atoms with Crippen LogP contribution in [0, 0.1) is 13.8 Å². The minimum Gasteiger partial charge on any atom is -0.493 e. The zero-order valence-electron chi connectivity index (χ0n) is 9.92. The molecule has 1 aromatic rings. The summed E-state index contributed by atoms with van der Waals surface area (Å²) in [6.45, 7) is 5.60. The highest BCUT2D eigenvalue weighted by Gasteiger charge is 2.16. The second-order valence-corrected chi connectivity index (χ2v) is 3.65. The molecule has 3 nitrogen and oxygen atoms in total. The molecule has 1 N–H and O–H groups in total. The molecule has 0 saturated heterocycles. The maximum absolute atomic E-state index is 9.62. The van der Waals surface area contributed by atoms with Gasteiger partial charge < -0.3 is 14.6 Å². The zero-order chi connectivity index (χ0) is 11.6. The molecule has 0 aromatic heterocycles. The minimum absolute atomic E-state index is 0.497. The quantitative estimate of drug-likeness (QED) is 0.832. The van der Waals surface area contributed by atoms with Crippen molar-refractivity contribution in [3.05, 3.63) is 22.8 Å². The summed E-state index contributed by atoms with van der Waals surface area (Å²) in [7, 11) is 3.22. The van der Waals surface area contributed by atoms with Crippen LogP contribution in [0.3, 0.4) is 0 Å². The number of benzene rings is 1. The lowest BCUT2D eigenvalue weighted by Crippen LogP contribution is -2.02. The molecule has 0 aliphatic heterocycles. The summed E-state index contributed by atoms with van der Waals surface area (Å²) < 4.78 is 10.6. The summed E-state index contributed by atoms with van der Waals surface area (Å²) in [6, 6.07) is 1.93. The molecule has 0 saturated carbocycles. The second kappa shape index (κ2) is 4.53. The number of hydrogen-bond acceptors (Lipinski definition) is 3. The standard InChI is InChI=1S/C12H18O3/c1-7-6-10(9(3)13)8(2)12(15-5)11(7)14-4/h6,9,13H,1-5H3. The molecular weight excluding hydrogens is 192 g/mol. The van der Waals surface area contributed by atoms with E-state index in [9.17, 15) is 5.11 Å². The second-order valence-electron chi connectivity index (χ2n) is 3.65. The van der Waals surface area contributed by atoms with Crippen molar-refractivity contribution < 1.29 is 14.6 Å². The molecule has 84 valence electrons. The molecule has 1 aromatic carbocycles. The molecular formula is C12H18O3. The Morgan fingerprint density at radius 1 is 1.13 bits per heavy atom. The number of aryl methyl sites for hydroxylation is 1. The van der Waals surface area contributed by atoms with Gasteiger partial charge in [0.05, 0.1) is 20.3 Å². The molecule has 0 bridgehead atoms. The number of ether oxygens (including phenoxy) is 2. The van der Waals surface area contributed by atoms with Crippen LogP contribution in [-0.2, 0) is 0 Å². The molecule has 0 amide bonds. The monoisotopic (exact) mass is 210 g/mol. The Hall–Kier alpha value is -1.22. The highest BCUT2D eigenvalue weighted by Crippen LogP contribution is 2.38. The van der Waals surface area contributed by atoms with Crippen LogP contribution in [0.4, 0.5) is 0 Å². The zero-order valence-corrected chi connectivity index (χ0v) is 9.92. The van der Waals surface area contributed by atoms with Crippen molar-refractivity contribution >= 4 is 0 Å². The average Bonchev–Trinajstić information content (AvgIpc) is 2.19. The van der Waals surface area contributed by atoms with Crippen molar-refractivity contribution in [2.75, 3.05) is 14.2 Å². The summed E-state index contributed by atoms with van der Waals surface area (Å²) in [5, 5.41) is 9.62. The summed E-state index contributed by atoms with van der Waals surface area (Å²) in [5.74, 6) is 1.44. The van der Waals surface area contributed by atoms with E-state index in [0.29, 0.717) is 5.75 Å². The Kier molecular flexibility index (Phi) is 3.58. The topological polar surface area (TPSA) is 38.7 Å². The van der Waals surface area contributed by atoms with Crippen LogP contribution in [0.15, 0.2) is 6.07 Å². The SMILES string of the molecule is COc1c(C)cc(C(C)O)c(C)c1OC. The smallest absolute Gasteiger partial charge is 0.164 e. The number of methoxy groups -OCH3 is 2. The predicted molar refractivity (Wildman–Crippen MR) is 59.7 cm³/mol. The van der Waals surface area contributed by atoms with E-state index in [1.165, 1.54) is 0 Å². The minimum atomic E-state index is -0.497. The Morgan fingerprint density at radius 3 is 2.07 bits per heavy atom. The lowest BCUT2D eigenvalue weighted by Gasteiger charge is -2.18. The third-order valence-corrected chi connectivity index (χ3v) is 2.57. The van der Waals surface area contributed by atoms with Gasteiger partial charge in [-0.15, -0.1) is 0 Å². The molecule has 3 heteroatoms. The fraction of sp³-hybridized carbons (Fsp3) is 0.500. The molecule has 15 heavy (non-hydrogen) atoms. The van der Waals surface area contributed by atoms with Gasteiger partial charge in [0.15, 0.2) is 11.5 Å². The van der Waals surface area contributed by atoms with Crippen molar-refractivity contribution in [1.82, 2.24) is 0 Å². The van der Waals surface area contributed by atoms with E-state index in [-0.39, 0.29) is 0 Å². The Bertz CT molecular complexity index is 356. The molecule has 0 spiro atoms. The van der Waals surface area contributed by atoms with E-state index in [1.54, 1.807) is 21.1 Å². The summed E-state index contributed by atoms with van der Waals surface area (Å²) in [6.07, 6.45) is -0.497. The predicted octanol–water partition coefficient (Wildman–Crippen LogP) is 2.37. The van der Waals surface area contributed by atoms with Gasteiger partial charge in [0, 0.05) is 5.56 Å². The van der Waals surface area contributed by atoms with E-state index in [2.05, 4.69) is 0 Å². The maximum atomic E-state index is 9.62. The third kappa shape index (κ3) is 2.07. The molecule has 1 atom stereocenters. The van der Waals surface area contributed by atoms with Gasteiger partial charge in [0.25, 0.3) is 0 Å². The fourth-order valence-corrected chi connectivity index (χ4v) is 1.82. The molecule has 1 rings (SSSR count). The van der Waals surface area contributed by atoms with E-state index >= 15 is 0 Å². The molecule has 0 radical (unpaired) electrons. The first-order chi connectivity index (χ1) is 7.02. The first-order valence-electron chi connectivity index (χ1n) is 4.93. The van der Waals surface area contributed by atoms with Gasteiger partial charge in [-0.3, -0.25) is 0 Å². The van der Waals surface area contributed by atoms with Gasteiger partial charge in [-0.1, -0.05) is 0 Å². The van der Waals surface area contributed by atoms with Gasteiger partial charge in [-0.2, -0.15) is 0 Å². The summed E-state index contributed by atoms with van der Waals surface area (Å²) in [5.41, 5.74) is 2.77. The number of hydrogen-bond donors (Lipinski definition) is 1. The van der Waals surface area contributed by atoms with E-state index in [1.807, 2.05) is 19.9 Å². The Morgan fingerprint density at radius 2 is 1.67 bits per heavy atom. The fourth-order valence-electron chi connectivity index (χ4n) is 1.82. The number of aliphatic hydroxyl groups is 1. The van der Waals surface area contributed by atoms with E-state index in [0.717, 1.165) is 22.4 Å². The van der Waals surface area contributed by atoms with Crippen molar-refractivity contribution in [2.24, 2.45) is 0 Å². The molecule has 0 fully saturated rings. The highest BCUT2D eigenvalue weighted by atomic mass is 16.5. The van der Waals surface area contributed by atoms with Gasteiger partial charge in [0.2, 0.25) is 0 Å². The lowest BCUT2D eigenvalue weighted by atomic mass is 9.99. The number of aliphatic hydroxyl groups excluding tert-OH is 1. The third-order valence-electron chi connectivity index (χ3n) is 2.57. The molecule has 0 aliphatic rings. The van der Waals surface area contributed by atoms with Crippen LogP contribution in [0.2, 0.25) is 0 Å². The van der Waals surface area contributed by atoms with Gasteiger partial charge >= 0.3 is 0 Å². The molecule has 0 heterocycles. The van der Waals surface area contributed by atoms with Crippen LogP contribution in [0.25, 0.3) is 0 Å². The lowest BCUT2D eigenvalue weighted by molar-refractivity contribution is 0.197. The van der Waals surface area contributed by atoms with Gasteiger partial charge in [-0.05, 0) is 38.0 Å². The van der Waals surface area contributed by atoms with Crippen molar-refractivity contribution in [3.63, 3.8) is 0 Å². The first-order valence-corrected chi connectivity index (χ1v) is 4.93. The van der Waals surface area contributed by atoms with Crippen molar-refractivity contribution in [1.29, 1.82) is 0 Å². The molecule has 0 aliphatic carbocycles. The van der Waals surface area contributed by atoms with Crippen LogP contribution in [0.5, 0.6) is 11.5 Å². The van der Waals surface area contributed by atoms with Gasteiger partial charge in [-0.25, -0.2) is 0 Å². The normalized spacial score (nSPS) is 12.4. The maximum Gasteiger partial charge on any atom is 0.164 e. The largest absolute Gasteiger partial charge is 0.493 e.